The molecule has 1 amide bonds. The van der Waals surface area contributed by atoms with Gasteiger partial charge in [-0.05, 0) is 18.2 Å². The first-order chi connectivity index (χ1) is 13.1. The standard InChI is InChI=1S/C19H22N4O4/c24-19(13-20-17-2-1-3-18(12-17)23(25)26)21-16-6-4-15(5-7-16)14-22-8-10-27-11-9-22/h1-7,12,20H,8-11,13-14H2,(H,21,24)/p+1. The average molecular weight is 371 g/mol. The number of nitrogens with one attached hydrogen (secondary N) is 3. The smallest absolute Gasteiger partial charge is 0.271 e. The third-order valence-corrected chi connectivity index (χ3v) is 4.40. The zero-order valence-electron chi connectivity index (χ0n) is 14.9. The molecule has 1 aliphatic heterocycles. The Morgan fingerprint density at radius 3 is 2.56 bits per heavy atom. The van der Waals surface area contributed by atoms with Gasteiger partial charge < -0.3 is 20.3 Å². The number of anilines is 2. The normalized spacial score (nSPS) is 14.5. The summed E-state index contributed by atoms with van der Waals surface area (Å²) in [7, 11) is 0. The Morgan fingerprint density at radius 2 is 1.85 bits per heavy atom. The lowest BCUT2D eigenvalue weighted by atomic mass is 10.2. The van der Waals surface area contributed by atoms with E-state index in [-0.39, 0.29) is 18.1 Å². The van der Waals surface area contributed by atoms with Crippen molar-refractivity contribution < 1.29 is 19.4 Å². The molecule has 0 bridgehead atoms. The Hall–Kier alpha value is -2.97. The summed E-state index contributed by atoms with van der Waals surface area (Å²) in [5.74, 6) is -0.215. The van der Waals surface area contributed by atoms with Crippen molar-refractivity contribution in [2.24, 2.45) is 0 Å². The summed E-state index contributed by atoms with van der Waals surface area (Å²) in [6.45, 7) is 4.62. The maximum absolute atomic E-state index is 12.1. The van der Waals surface area contributed by atoms with Crippen LogP contribution in [0.2, 0.25) is 0 Å². The van der Waals surface area contributed by atoms with Crippen LogP contribution in [0.25, 0.3) is 0 Å². The van der Waals surface area contributed by atoms with E-state index in [9.17, 15) is 14.9 Å². The van der Waals surface area contributed by atoms with Crippen molar-refractivity contribution in [3.63, 3.8) is 0 Å². The molecule has 8 nitrogen and oxygen atoms in total. The van der Waals surface area contributed by atoms with Gasteiger partial charge in [-0.1, -0.05) is 18.2 Å². The molecular weight excluding hydrogens is 348 g/mol. The minimum atomic E-state index is -0.467. The second-order valence-corrected chi connectivity index (χ2v) is 6.45. The Balaban J connectivity index is 1.47. The predicted octanol–water partition coefficient (Wildman–Crippen LogP) is 1.06. The molecule has 0 unspecified atom stereocenters. The summed E-state index contributed by atoms with van der Waals surface area (Å²) in [5.41, 5.74) is 2.46. The number of nitro groups is 1. The summed E-state index contributed by atoms with van der Waals surface area (Å²) < 4.78 is 5.37. The van der Waals surface area contributed by atoms with Crippen LogP contribution < -0.4 is 15.5 Å². The van der Waals surface area contributed by atoms with Crippen LogP contribution in [0.3, 0.4) is 0 Å². The van der Waals surface area contributed by atoms with E-state index in [1.165, 1.54) is 22.6 Å². The molecule has 27 heavy (non-hydrogen) atoms. The fourth-order valence-electron chi connectivity index (χ4n) is 2.95. The number of quaternary nitrogens is 1. The van der Waals surface area contributed by atoms with E-state index in [1.807, 2.05) is 24.3 Å². The van der Waals surface area contributed by atoms with Crippen LogP contribution in [0.1, 0.15) is 5.56 Å². The lowest BCUT2D eigenvalue weighted by molar-refractivity contribution is -0.921. The number of amides is 1. The quantitative estimate of drug-likeness (QED) is 0.499. The second kappa shape index (κ2) is 9.11. The van der Waals surface area contributed by atoms with Gasteiger partial charge in [-0.15, -0.1) is 0 Å². The van der Waals surface area contributed by atoms with Gasteiger partial charge in [-0.25, -0.2) is 0 Å². The van der Waals surface area contributed by atoms with Crippen molar-refractivity contribution in [3.8, 4) is 0 Å². The van der Waals surface area contributed by atoms with Gasteiger partial charge in [-0.2, -0.15) is 0 Å². The van der Waals surface area contributed by atoms with Crippen molar-refractivity contribution in [3.05, 3.63) is 64.2 Å². The van der Waals surface area contributed by atoms with Gasteiger partial charge in [0.1, 0.15) is 19.6 Å². The maximum Gasteiger partial charge on any atom is 0.271 e. The fourth-order valence-corrected chi connectivity index (χ4v) is 2.95. The van der Waals surface area contributed by atoms with Gasteiger partial charge in [0, 0.05) is 29.1 Å². The van der Waals surface area contributed by atoms with Crippen molar-refractivity contribution in [2.75, 3.05) is 43.5 Å². The van der Waals surface area contributed by atoms with Crippen molar-refractivity contribution in [1.82, 2.24) is 0 Å². The lowest BCUT2D eigenvalue weighted by Gasteiger charge is -2.23. The van der Waals surface area contributed by atoms with Crippen LogP contribution in [0.5, 0.6) is 0 Å². The molecule has 8 heteroatoms. The number of ether oxygens (including phenoxy) is 1. The number of non-ortho nitro benzene ring substituents is 1. The number of nitro benzene ring substituents is 1. The first-order valence-electron chi connectivity index (χ1n) is 8.88. The van der Waals surface area contributed by atoms with E-state index >= 15 is 0 Å². The molecule has 0 aromatic heterocycles. The third-order valence-electron chi connectivity index (χ3n) is 4.40. The van der Waals surface area contributed by atoms with Crippen LogP contribution in [-0.2, 0) is 16.1 Å². The predicted molar refractivity (Wildman–Crippen MR) is 102 cm³/mol. The molecule has 3 rings (SSSR count). The Morgan fingerprint density at radius 1 is 1.11 bits per heavy atom. The van der Waals surface area contributed by atoms with Gasteiger partial charge in [-0.3, -0.25) is 14.9 Å². The van der Waals surface area contributed by atoms with Gasteiger partial charge in [0.05, 0.1) is 24.7 Å². The largest absolute Gasteiger partial charge is 0.376 e. The van der Waals surface area contributed by atoms with Crippen molar-refractivity contribution >= 4 is 23.0 Å². The van der Waals surface area contributed by atoms with Gasteiger partial charge in [0.2, 0.25) is 5.91 Å². The van der Waals surface area contributed by atoms with Gasteiger partial charge in [0.25, 0.3) is 5.69 Å². The lowest BCUT2D eigenvalue weighted by Crippen LogP contribution is -3.12. The average Bonchev–Trinajstić information content (AvgIpc) is 2.69. The zero-order chi connectivity index (χ0) is 19.1. The summed E-state index contributed by atoms with van der Waals surface area (Å²) in [4.78, 5) is 23.9. The molecule has 1 aliphatic rings. The highest BCUT2D eigenvalue weighted by molar-refractivity contribution is 5.93. The molecule has 0 aliphatic carbocycles. The summed E-state index contributed by atoms with van der Waals surface area (Å²) in [5, 5.41) is 16.5. The van der Waals surface area contributed by atoms with Crippen LogP contribution in [0.4, 0.5) is 17.1 Å². The molecule has 0 radical (unpaired) electrons. The van der Waals surface area contributed by atoms with E-state index in [4.69, 9.17) is 4.74 Å². The minimum Gasteiger partial charge on any atom is -0.376 e. The number of hydrogen-bond acceptors (Lipinski definition) is 5. The first-order valence-corrected chi connectivity index (χ1v) is 8.88. The van der Waals surface area contributed by atoms with Crippen molar-refractivity contribution in [1.29, 1.82) is 0 Å². The zero-order valence-corrected chi connectivity index (χ0v) is 14.9. The third kappa shape index (κ3) is 5.77. The SMILES string of the molecule is O=C(CNc1cccc([N+](=O)[O-])c1)Nc1ccc(C[NH+]2CCOCC2)cc1. The fraction of sp³-hybridized carbons (Fsp3) is 0.316. The van der Waals surface area contributed by atoms with E-state index in [0.717, 1.165) is 38.5 Å². The first kappa shape index (κ1) is 18.8. The molecule has 3 N–H and O–H groups in total. The molecule has 0 saturated carbocycles. The Kier molecular flexibility index (Phi) is 6.35. The van der Waals surface area contributed by atoms with Crippen LogP contribution in [-0.4, -0.2) is 43.7 Å². The molecule has 2 aromatic carbocycles. The number of morpholine rings is 1. The number of hydrogen-bond donors (Lipinski definition) is 3. The maximum atomic E-state index is 12.1. The number of carbonyl (C=O) groups is 1. The second-order valence-electron chi connectivity index (χ2n) is 6.45. The Bertz CT molecular complexity index is 789. The van der Waals surface area contributed by atoms with E-state index in [2.05, 4.69) is 10.6 Å². The van der Waals surface area contributed by atoms with Gasteiger partial charge >= 0.3 is 0 Å². The summed E-state index contributed by atoms with van der Waals surface area (Å²) >= 11 is 0. The topological polar surface area (TPSA) is 97.9 Å². The van der Waals surface area contributed by atoms with E-state index < -0.39 is 4.92 Å². The Labute approximate surface area is 157 Å². The number of rotatable bonds is 7. The summed E-state index contributed by atoms with van der Waals surface area (Å²) in [6, 6.07) is 13.9. The minimum absolute atomic E-state index is 0.0154. The highest BCUT2D eigenvalue weighted by Crippen LogP contribution is 2.16. The number of benzene rings is 2. The highest BCUT2D eigenvalue weighted by Gasteiger charge is 2.14. The van der Waals surface area contributed by atoms with Gasteiger partial charge in [0.15, 0.2) is 0 Å². The molecule has 0 atom stereocenters. The molecular formula is C19H23N4O4+. The van der Waals surface area contributed by atoms with Crippen LogP contribution in [0, 0.1) is 10.1 Å². The monoisotopic (exact) mass is 371 g/mol. The van der Waals surface area contributed by atoms with Crippen LogP contribution in [0.15, 0.2) is 48.5 Å². The number of nitrogens with zero attached hydrogens (tertiary/aromatic N) is 1. The highest BCUT2D eigenvalue weighted by atomic mass is 16.6. The molecule has 1 heterocycles. The number of carbonyl (C=O) groups excluding carboxylic acids is 1. The molecule has 1 saturated heterocycles. The molecule has 1 fully saturated rings. The van der Waals surface area contributed by atoms with Crippen molar-refractivity contribution in [2.45, 2.75) is 6.54 Å². The van der Waals surface area contributed by atoms with E-state index in [0.29, 0.717) is 5.69 Å². The summed E-state index contributed by atoms with van der Waals surface area (Å²) in [6.07, 6.45) is 0. The van der Waals surface area contributed by atoms with E-state index in [1.54, 1.807) is 12.1 Å². The molecule has 0 spiro atoms. The molecule has 142 valence electrons. The van der Waals surface area contributed by atoms with Crippen LogP contribution >= 0.6 is 0 Å². The molecule has 2 aromatic rings.